The smallest absolute Gasteiger partial charge is 0.0847 e. The van der Waals surface area contributed by atoms with E-state index in [2.05, 4.69) is 31.2 Å². The van der Waals surface area contributed by atoms with Gasteiger partial charge in [-0.15, -0.1) is 0 Å². The number of nitrogens with zero attached hydrogens (tertiary/aromatic N) is 2. The van der Waals surface area contributed by atoms with Crippen molar-refractivity contribution in [3.8, 4) is 0 Å². The molecule has 1 aromatic rings. The second-order valence-corrected chi connectivity index (χ2v) is 6.99. The fraction of sp³-hybridized carbons (Fsp3) is 0.800. The first-order chi connectivity index (χ1) is 8.83. The molecule has 108 valence electrons. The molecule has 4 heteroatoms. The first-order valence-corrected chi connectivity index (χ1v) is 7.62. The largest absolute Gasteiger partial charge is 0.313 e. The predicted octanol–water partition coefficient (Wildman–Crippen LogP) is 3.34. The van der Waals surface area contributed by atoms with Gasteiger partial charge in [-0.2, -0.15) is 5.10 Å². The minimum absolute atomic E-state index is 0.215. The summed E-state index contributed by atoms with van der Waals surface area (Å²) in [7, 11) is 1.99. The van der Waals surface area contributed by atoms with Crippen LogP contribution in [0.4, 0.5) is 0 Å². The van der Waals surface area contributed by atoms with Crippen LogP contribution < -0.4 is 5.32 Å². The van der Waals surface area contributed by atoms with Crippen molar-refractivity contribution in [2.45, 2.75) is 53.0 Å². The zero-order chi connectivity index (χ0) is 14.2. The van der Waals surface area contributed by atoms with Gasteiger partial charge in [0.15, 0.2) is 0 Å². The Morgan fingerprint density at radius 2 is 2.11 bits per heavy atom. The molecule has 1 fully saturated rings. The Bertz CT molecular complexity index is 448. The van der Waals surface area contributed by atoms with Crippen LogP contribution in [-0.4, -0.2) is 22.4 Å². The molecule has 0 amide bonds. The zero-order valence-electron chi connectivity index (χ0n) is 12.8. The Morgan fingerprint density at radius 3 is 2.53 bits per heavy atom. The van der Waals surface area contributed by atoms with Gasteiger partial charge in [-0.1, -0.05) is 32.4 Å². The third-order valence-electron chi connectivity index (χ3n) is 4.60. The van der Waals surface area contributed by atoms with Crippen molar-refractivity contribution in [3.05, 3.63) is 16.4 Å². The van der Waals surface area contributed by atoms with E-state index in [1.165, 1.54) is 12.8 Å². The average Bonchev–Trinajstić information content (AvgIpc) is 3.12. The van der Waals surface area contributed by atoms with Gasteiger partial charge in [-0.3, -0.25) is 4.68 Å². The Balaban J connectivity index is 2.14. The van der Waals surface area contributed by atoms with Crippen LogP contribution in [-0.2, 0) is 13.5 Å². The van der Waals surface area contributed by atoms with E-state index in [1.807, 2.05) is 18.7 Å². The number of halogens is 1. The number of aryl methyl sites for hydroxylation is 2. The lowest BCUT2D eigenvalue weighted by atomic mass is 9.75. The maximum Gasteiger partial charge on any atom is 0.0847 e. The summed E-state index contributed by atoms with van der Waals surface area (Å²) in [6.07, 6.45) is 3.64. The lowest BCUT2D eigenvalue weighted by molar-refractivity contribution is 0.202. The second-order valence-electron chi connectivity index (χ2n) is 6.61. The average molecular weight is 284 g/mol. The monoisotopic (exact) mass is 283 g/mol. The van der Waals surface area contributed by atoms with Crippen LogP contribution in [0.25, 0.3) is 0 Å². The van der Waals surface area contributed by atoms with Gasteiger partial charge in [-0.25, -0.2) is 0 Å². The van der Waals surface area contributed by atoms with Gasteiger partial charge in [0.2, 0.25) is 0 Å². The summed E-state index contributed by atoms with van der Waals surface area (Å²) in [4.78, 5) is 0. The van der Waals surface area contributed by atoms with Crippen LogP contribution in [0.3, 0.4) is 0 Å². The normalized spacial score (nSPS) is 18.9. The van der Waals surface area contributed by atoms with E-state index in [-0.39, 0.29) is 5.41 Å². The molecule has 0 saturated heterocycles. The minimum atomic E-state index is 0.215. The van der Waals surface area contributed by atoms with Gasteiger partial charge in [0.25, 0.3) is 0 Å². The lowest BCUT2D eigenvalue weighted by Gasteiger charge is -2.34. The van der Waals surface area contributed by atoms with Gasteiger partial charge in [0, 0.05) is 19.6 Å². The van der Waals surface area contributed by atoms with Crippen LogP contribution in [0.1, 0.15) is 45.0 Å². The third kappa shape index (κ3) is 3.32. The molecule has 19 heavy (non-hydrogen) atoms. The summed E-state index contributed by atoms with van der Waals surface area (Å²) in [5.74, 6) is 0.602. The fourth-order valence-electron chi connectivity index (χ4n) is 2.39. The zero-order valence-corrected chi connectivity index (χ0v) is 13.5. The summed E-state index contributed by atoms with van der Waals surface area (Å²) in [6.45, 7) is 9.97. The van der Waals surface area contributed by atoms with Gasteiger partial charge in [0.1, 0.15) is 0 Å². The van der Waals surface area contributed by atoms with E-state index in [4.69, 9.17) is 11.6 Å². The quantitative estimate of drug-likeness (QED) is 0.868. The molecule has 0 radical (unpaired) electrons. The highest BCUT2D eigenvalue weighted by molar-refractivity contribution is 6.31. The number of hydrogen-bond acceptors (Lipinski definition) is 2. The molecular weight excluding hydrogens is 258 g/mol. The Labute approximate surface area is 121 Å². The van der Waals surface area contributed by atoms with Gasteiger partial charge in [0.05, 0.1) is 16.4 Å². The molecule has 3 nitrogen and oxygen atoms in total. The van der Waals surface area contributed by atoms with Crippen molar-refractivity contribution in [1.29, 1.82) is 0 Å². The van der Waals surface area contributed by atoms with Crippen molar-refractivity contribution < 1.29 is 0 Å². The van der Waals surface area contributed by atoms with E-state index < -0.39 is 0 Å². The summed E-state index contributed by atoms with van der Waals surface area (Å²) in [6, 6.07) is 0.752. The van der Waals surface area contributed by atoms with Gasteiger partial charge < -0.3 is 5.32 Å². The van der Waals surface area contributed by atoms with Crippen molar-refractivity contribution in [2.75, 3.05) is 6.54 Å². The SMILES string of the molecule is Cc1nn(C)c(CC(C)(CNC2CC2)C(C)C)c1Cl. The predicted molar refractivity (Wildman–Crippen MR) is 80.6 cm³/mol. The summed E-state index contributed by atoms with van der Waals surface area (Å²) < 4.78 is 1.94. The molecule has 1 aromatic heterocycles. The van der Waals surface area contributed by atoms with E-state index in [0.29, 0.717) is 5.92 Å². The molecule has 0 spiro atoms. The molecule has 1 heterocycles. The molecule has 1 atom stereocenters. The number of rotatable bonds is 6. The van der Waals surface area contributed by atoms with Crippen LogP contribution in [0.15, 0.2) is 0 Å². The minimum Gasteiger partial charge on any atom is -0.313 e. The standard InChI is InChI=1S/C15H26ClN3/c1-10(2)15(4,9-17-12-6-7-12)8-13-14(16)11(3)18-19(13)5/h10,12,17H,6-9H2,1-5H3. The summed E-state index contributed by atoms with van der Waals surface area (Å²) >= 11 is 6.40. The van der Waals surface area contributed by atoms with E-state index in [0.717, 1.165) is 35.4 Å². The van der Waals surface area contributed by atoms with Crippen LogP contribution in [0, 0.1) is 18.3 Å². The van der Waals surface area contributed by atoms with Gasteiger partial charge >= 0.3 is 0 Å². The topological polar surface area (TPSA) is 29.9 Å². The number of aromatic nitrogens is 2. The summed E-state index contributed by atoms with van der Waals surface area (Å²) in [5, 5.41) is 8.93. The Kier molecular flexibility index (Phi) is 4.26. The fourth-order valence-corrected chi connectivity index (χ4v) is 2.62. The molecule has 0 aliphatic heterocycles. The molecule has 1 N–H and O–H groups in total. The maximum absolute atomic E-state index is 6.40. The lowest BCUT2D eigenvalue weighted by Crippen LogP contribution is -2.39. The van der Waals surface area contributed by atoms with Crippen LogP contribution in [0.5, 0.6) is 0 Å². The van der Waals surface area contributed by atoms with Crippen molar-refractivity contribution in [1.82, 2.24) is 15.1 Å². The van der Waals surface area contributed by atoms with Gasteiger partial charge in [-0.05, 0) is 37.5 Å². The highest BCUT2D eigenvalue weighted by Crippen LogP contribution is 2.34. The van der Waals surface area contributed by atoms with E-state index in [9.17, 15) is 0 Å². The summed E-state index contributed by atoms with van der Waals surface area (Å²) in [5.41, 5.74) is 2.31. The Hall–Kier alpha value is -0.540. The van der Waals surface area contributed by atoms with Crippen LogP contribution in [0.2, 0.25) is 5.02 Å². The molecule has 1 aliphatic carbocycles. The molecule has 2 rings (SSSR count). The molecule has 0 aromatic carbocycles. The first-order valence-electron chi connectivity index (χ1n) is 7.25. The van der Waals surface area contributed by atoms with Crippen molar-refractivity contribution >= 4 is 11.6 Å². The van der Waals surface area contributed by atoms with Crippen molar-refractivity contribution in [3.63, 3.8) is 0 Å². The first kappa shape index (κ1) is 14.9. The molecule has 1 unspecified atom stereocenters. The third-order valence-corrected chi connectivity index (χ3v) is 5.09. The highest BCUT2D eigenvalue weighted by Gasteiger charge is 2.33. The molecular formula is C15H26ClN3. The number of nitrogens with one attached hydrogen (secondary N) is 1. The Morgan fingerprint density at radius 1 is 1.47 bits per heavy atom. The van der Waals surface area contributed by atoms with E-state index in [1.54, 1.807) is 0 Å². The number of hydrogen-bond donors (Lipinski definition) is 1. The second kappa shape index (κ2) is 5.45. The molecule has 1 saturated carbocycles. The van der Waals surface area contributed by atoms with Crippen LogP contribution >= 0.6 is 11.6 Å². The maximum atomic E-state index is 6.40. The molecule has 0 bridgehead atoms. The van der Waals surface area contributed by atoms with E-state index >= 15 is 0 Å². The molecule has 1 aliphatic rings. The highest BCUT2D eigenvalue weighted by atomic mass is 35.5. The van der Waals surface area contributed by atoms with Crippen molar-refractivity contribution in [2.24, 2.45) is 18.4 Å².